The summed E-state index contributed by atoms with van der Waals surface area (Å²) in [5.41, 5.74) is 0.873. The largest absolute Gasteiger partial charge is 0.444 e. The molecule has 0 aliphatic rings. The van der Waals surface area contributed by atoms with E-state index in [-0.39, 0.29) is 11.7 Å². The zero-order valence-electron chi connectivity index (χ0n) is 12.3. The Hall–Kier alpha value is -2.11. The number of aliphatic hydroxyl groups is 1. The maximum atomic E-state index is 11.9. The van der Waals surface area contributed by atoms with Gasteiger partial charge in [0.15, 0.2) is 10.4 Å². The minimum Gasteiger partial charge on any atom is -0.444 e. The average Bonchev–Trinajstić information content (AvgIpc) is 3.00. The fraction of sp³-hybridized carbons (Fsp3) is 0.167. The van der Waals surface area contributed by atoms with Crippen LogP contribution in [-0.4, -0.2) is 17.6 Å². The normalized spacial score (nSPS) is 12.3. The molecule has 0 aliphatic heterocycles. The first kappa shape index (κ1) is 15.8. The summed E-state index contributed by atoms with van der Waals surface area (Å²) < 4.78 is 5.70. The zero-order chi connectivity index (χ0) is 16.2. The SMILES string of the molecule is O=C(NCC[C@@H](O)c1cccc2ccccc12)c1ccc(Br)o1. The van der Waals surface area contributed by atoms with Gasteiger partial charge in [-0.3, -0.25) is 4.79 Å². The van der Waals surface area contributed by atoms with Gasteiger partial charge in [0.2, 0.25) is 0 Å². The van der Waals surface area contributed by atoms with Crippen molar-refractivity contribution in [2.24, 2.45) is 0 Å². The maximum Gasteiger partial charge on any atom is 0.287 e. The number of carbonyl (C=O) groups is 1. The van der Waals surface area contributed by atoms with Crippen LogP contribution in [-0.2, 0) is 0 Å². The molecule has 23 heavy (non-hydrogen) atoms. The number of amides is 1. The van der Waals surface area contributed by atoms with Crippen molar-refractivity contribution in [3.05, 3.63) is 70.6 Å². The predicted octanol–water partition coefficient (Wildman–Crippen LogP) is 4.05. The van der Waals surface area contributed by atoms with Crippen LogP contribution in [0.25, 0.3) is 10.8 Å². The number of rotatable bonds is 5. The van der Waals surface area contributed by atoms with E-state index in [0.29, 0.717) is 17.6 Å². The van der Waals surface area contributed by atoms with Crippen molar-refractivity contribution in [2.75, 3.05) is 6.54 Å². The van der Waals surface area contributed by atoms with Gasteiger partial charge < -0.3 is 14.8 Å². The van der Waals surface area contributed by atoms with Gasteiger partial charge in [0.1, 0.15) is 0 Å². The summed E-state index contributed by atoms with van der Waals surface area (Å²) in [6.07, 6.45) is -0.202. The first-order valence-electron chi connectivity index (χ1n) is 7.34. The smallest absolute Gasteiger partial charge is 0.287 e. The van der Waals surface area contributed by atoms with Gasteiger partial charge in [0, 0.05) is 6.54 Å². The van der Waals surface area contributed by atoms with E-state index in [1.165, 1.54) is 0 Å². The number of halogens is 1. The van der Waals surface area contributed by atoms with E-state index in [0.717, 1.165) is 16.3 Å². The fourth-order valence-corrected chi connectivity index (χ4v) is 2.85. The molecule has 3 rings (SSSR count). The Balaban J connectivity index is 1.63. The quantitative estimate of drug-likeness (QED) is 0.708. The summed E-state index contributed by atoms with van der Waals surface area (Å²) in [5.74, 6) is -0.0441. The average molecular weight is 374 g/mol. The predicted molar refractivity (Wildman–Crippen MR) is 92.3 cm³/mol. The van der Waals surface area contributed by atoms with Crippen LogP contribution < -0.4 is 5.32 Å². The minimum atomic E-state index is -0.635. The number of furan rings is 1. The minimum absolute atomic E-state index is 0.247. The lowest BCUT2D eigenvalue weighted by molar-refractivity contribution is 0.0914. The molecule has 118 valence electrons. The Labute approximate surface area is 142 Å². The molecule has 3 aromatic rings. The van der Waals surface area contributed by atoms with Crippen molar-refractivity contribution in [2.45, 2.75) is 12.5 Å². The second-order valence-corrected chi connectivity index (χ2v) is 6.01. The molecule has 0 spiro atoms. The number of nitrogens with one attached hydrogen (secondary N) is 1. The number of fused-ring (bicyclic) bond motifs is 1. The Kier molecular flexibility index (Phi) is 4.79. The van der Waals surface area contributed by atoms with Crippen molar-refractivity contribution in [1.29, 1.82) is 0 Å². The van der Waals surface area contributed by atoms with E-state index in [1.807, 2.05) is 42.5 Å². The van der Waals surface area contributed by atoms with Crippen LogP contribution in [0.5, 0.6) is 0 Å². The molecule has 0 saturated heterocycles. The van der Waals surface area contributed by atoms with E-state index >= 15 is 0 Å². The van der Waals surface area contributed by atoms with E-state index in [4.69, 9.17) is 4.42 Å². The third kappa shape index (κ3) is 3.63. The molecule has 2 aromatic carbocycles. The van der Waals surface area contributed by atoms with Gasteiger partial charge in [-0.25, -0.2) is 0 Å². The van der Waals surface area contributed by atoms with Crippen molar-refractivity contribution in [3.8, 4) is 0 Å². The molecular weight excluding hydrogens is 358 g/mol. The fourth-order valence-electron chi connectivity index (χ4n) is 2.54. The molecule has 0 aliphatic carbocycles. The van der Waals surface area contributed by atoms with Gasteiger partial charge in [0.05, 0.1) is 6.10 Å². The molecular formula is C18H16BrNO3. The summed E-state index contributed by atoms with van der Waals surface area (Å²) in [5, 5.41) is 15.3. The second-order valence-electron chi connectivity index (χ2n) is 5.23. The standard InChI is InChI=1S/C18H16BrNO3/c19-17-9-8-16(23-17)18(22)20-11-10-15(21)14-7-3-5-12-4-1-2-6-13(12)14/h1-9,15,21H,10-11H2,(H,20,22)/t15-/m1/s1. The molecule has 4 nitrogen and oxygen atoms in total. The molecule has 5 heteroatoms. The lowest BCUT2D eigenvalue weighted by Gasteiger charge is -2.14. The zero-order valence-corrected chi connectivity index (χ0v) is 13.9. The van der Waals surface area contributed by atoms with Crippen LogP contribution in [0, 0.1) is 0 Å². The first-order chi connectivity index (χ1) is 11.1. The summed E-state index contributed by atoms with van der Waals surface area (Å²) in [6.45, 7) is 0.363. The van der Waals surface area contributed by atoms with Crippen molar-refractivity contribution >= 4 is 32.6 Å². The highest BCUT2D eigenvalue weighted by atomic mass is 79.9. The number of benzene rings is 2. The van der Waals surface area contributed by atoms with Gasteiger partial charge >= 0.3 is 0 Å². The molecule has 2 N–H and O–H groups in total. The van der Waals surface area contributed by atoms with Crippen molar-refractivity contribution < 1.29 is 14.3 Å². The summed E-state index contributed by atoms with van der Waals surface area (Å²) >= 11 is 3.16. The van der Waals surface area contributed by atoms with Crippen LogP contribution in [0.1, 0.15) is 28.6 Å². The second kappa shape index (κ2) is 6.98. The van der Waals surface area contributed by atoms with Gasteiger partial charge in [-0.2, -0.15) is 0 Å². The summed E-state index contributed by atoms with van der Waals surface area (Å²) in [7, 11) is 0. The lowest BCUT2D eigenvalue weighted by Crippen LogP contribution is -2.25. The van der Waals surface area contributed by atoms with E-state index in [9.17, 15) is 9.90 Å². The van der Waals surface area contributed by atoms with E-state index in [1.54, 1.807) is 12.1 Å². The third-order valence-corrected chi connectivity index (χ3v) is 4.11. The highest BCUT2D eigenvalue weighted by Crippen LogP contribution is 2.25. The van der Waals surface area contributed by atoms with Gasteiger partial charge in [-0.1, -0.05) is 42.5 Å². The highest BCUT2D eigenvalue weighted by Gasteiger charge is 2.13. The Bertz CT molecular complexity index is 823. The number of hydrogen-bond acceptors (Lipinski definition) is 3. The number of hydrogen-bond donors (Lipinski definition) is 2. The third-order valence-electron chi connectivity index (χ3n) is 3.68. The van der Waals surface area contributed by atoms with Gasteiger partial charge in [-0.05, 0) is 50.8 Å². The van der Waals surface area contributed by atoms with Gasteiger partial charge in [0.25, 0.3) is 5.91 Å². The molecule has 0 bridgehead atoms. The number of aliphatic hydroxyl groups excluding tert-OH is 1. The van der Waals surface area contributed by atoms with E-state index in [2.05, 4.69) is 21.2 Å². The molecule has 0 radical (unpaired) electrons. The maximum absolute atomic E-state index is 11.9. The molecule has 1 atom stereocenters. The summed E-state index contributed by atoms with van der Waals surface area (Å²) in [6, 6.07) is 17.1. The van der Waals surface area contributed by atoms with Gasteiger partial charge in [-0.15, -0.1) is 0 Å². The van der Waals surface area contributed by atoms with E-state index < -0.39 is 6.10 Å². The monoisotopic (exact) mass is 373 g/mol. The molecule has 0 saturated carbocycles. The van der Waals surface area contributed by atoms with Crippen LogP contribution in [0.15, 0.2) is 63.7 Å². The Morgan fingerprint density at radius 1 is 1.13 bits per heavy atom. The van der Waals surface area contributed by atoms with Crippen molar-refractivity contribution in [3.63, 3.8) is 0 Å². The molecule has 0 unspecified atom stereocenters. The Morgan fingerprint density at radius 2 is 1.91 bits per heavy atom. The van der Waals surface area contributed by atoms with Crippen LogP contribution in [0.2, 0.25) is 0 Å². The molecule has 1 amide bonds. The molecule has 1 heterocycles. The Morgan fingerprint density at radius 3 is 2.70 bits per heavy atom. The van der Waals surface area contributed by atoms with Crippen LogP contribution in [0.3, 0.4) is 0 Å². The number of carbonyl (C=O) groups excluding carboxylic acids is 1. The van der Waals surface area contributed by atoms with Crippen LogP contribution >= 0.6 is 15.9 Å². The topological polar surface area (TPSA) is 62.5 Å². The van der Waals surface area contributed by atoms with Crippen molar-refractivity contribution in [1.82, 2.24) is 5.32 Å². The molecule has 1 aromatic heterocycles. The molecule has 0 fully saturated rings. The summed E-state index contributed by atoms with van der Waals surface area (Å²) in [4.78, 5) is 11.9. The highest BCUT2D eigenvalue weighted by molar-refractivity contribution is 9.10. The first-order valence-corrected chi connectivity index (χ1v) is 8.14. The van der Waals surface area contributed by atoms with Crippen LogP contribution in [0.4, 0.5) is 0 Å². The lowest BCUT2D eigenvalue weighted by atomic mass is 9.99.